The number of sulfone groups is 1. The van der Waals surface area contributed by atoms with Crippen molar-refractivity contribution in [3.05, 3.63) is 0 Å². The van der Waals surface area contributed by atoms with Crippen LogP contribution in [0.5, 0.6) is 0 Å². The van der Waals surface area contributed by atoms with Gasteiger partial charge in [0, 0.05) is 6.67 Å². The molecule has 3 N–H and O–H groups in total. The van der Waals surface area contributed by atoms with E-state index in [9.17, 15) is 13.2 Å². The van der Waals surface area contributed by atoms with Gasteiger partial charge in [0.25, 0.3) is 0 Å². The largest absolute Gasteiger partial charge is 0.465 e. The molecule has 0 aromatic heterocycles. The van der Waals surface area contributed by atoms with E-state index in [2.05, 4.69) is 5.32 Å². The first-order chi connectivity index (χ1) is 7.85. The van der Waals surface area contributed by atoms with Crippen LogP contribution in [-0.4, -0.2) is 38.8 Å². The lowest BCUT2D eigenvalue weighted by molar-refractivity contribution is -0.142. The fourth-order valence-electron chi connectivity index (χ4n) is 1.35. The van der Waals surface area contributed by atoms with Crippen molar-refractivity contribution in [1.82, 2.24) is 5.32 Å². The molecule has 0 saturated heterocycles. The van der Waals surface area contributed by atoms with Gasteiger partial charge in [-0.25, -0.2) is 8.42 Å². The molecular formula is C10H22N2O4S. The lowest BCUT2D eigenvalue weighted by atomic mass is 10.1. The van der Waals surface area contributed by atoms with E-state index in [1.54, 1.807) is 6.92 Å². The van der Waals surface area contributed by atoms with Crippen LogP contribution in [0.15, 0.2) is 0 Å². The Kier molecular flexibility index (Phi) is 7.33. The first kappa shape index (κ1) is 16.3. The molecule has 0 aromatic carbocycles. The van der Waals surface area contributed by atoms with Crippen molar-refractivity contribution in [1.29, 1.82) is 0 Å². The molecule has 0 heterocycles. The summed E-state index contributed by atoms with van der Waals surface area (Å²) in [5.41, 5.74) is 5.18. The molecule has 0 bridgehead atoms. The van der Waals surface area contributed by atoms with Gasteiger partial charge in [-0.05, 0) is 19.3 Å². The molecule has 7 heteroatoms. The molecule has 1 atom stereocenters. The molecule has 0 fully saturated rings. The molecule has 0 amide bonds. The summed E-state index contributed by atoms with van der Waals surface area (Å²) in [7, 11) is -3.57. The zero-order valence-electron chi connectivity index (χ0n) is 10.6. The molecule has 1 unspecified atom stereocenters. The van der Waals surface area contributed by atoms with Crippen LogP contribution in [0.3, 0.4) is 0 Å². The lowest BCUT2D eigenvalue weighted by Gasteiger charge is -2.18. The smallest absolute Gasteiger partial charge is 0.324 e. The van der Waals surface area contributed by atoms with Crippen LogP contribution in [0.25, 0.3) is 0 Å². The molecule has 0 rings (SSSR count). The SMILES string of the molecule is CCOC(=O)C(CC(C)C)S(=O)(=O)CNCN. The number of carbonyl (C=O) groups is 1. The highest BCUT2D eigenvalue weighted by Crippen LogP contribution is 2.15. The van der Waals surface area contributed by atoms with Gasteiger partial charge < -0.3 is 10.5 Å². The third-order valence-electron chi connectivity index (χ3n) is 2.12. The van der Waals surface area contributed by atoms with E-state index >= 15 is 0 Å². The van der Waals surface area contributed by atoms with E-state index in [-0.39, 0.29) is 31.5 Å². The lowest BCUT2D eigenvalue weighted by Crippen LogP contribution is -2.40. The molecule has 0 radical (unpaired) electrons. The van der Waals surface area contributed by atoms with E-state index < -0.39 is 21.1 Å². The minimum atomic E-state index is -3.57. The normalized spacial score (nSPS) is 13.7. The third-order valence-corrected chi connectivity index (χ3v) is 3.97. The standard InChI is InChI=1S/C10H22N2O4S/c1-4-16-10(13)9(5-8(2)3)17(14,15)7-12-6-11/h8-9,12H,4-7,11H2,1-3H3. The molecule has 17 heavy (non-hydrogen) atoms. The van der Waals surface area contributed by atoms with Crippen molar-refractivity contribution >= 4 is 15.8 Å². The zero-order valence-corrected chi connectivity index (χ0v) is 11.4. The van der Waals surface area contributed by atoms with Crippen molar-refractivity contribution < 1.29 is 17.9 Å². The average molecular weight is 266 g/mol. The highest BCUT2D eigenvalue weighted by atomic mass is 32.2. The Morgan fingerprint density at radius 2 is 2.00 bits per heavy atom. The second-order valence-corrected chi connectivity index (χ2v) is 6.31. The molecule has 0 aliphatic rings. The summed E-state index contributed by atoms with van der Waals surface area (Å²) in [6.07, 6.45) is 0.257. The van der Waals surface area contributed by atoms with Crippen LogP contribution in [0, 0.1) is 5.92 Å². The molecule has 0 spiro atoms. The summed E-state index contributed by atoms with van der Waals surface area (Å²) in [4.78, 5) is 11.6. The number of ether oxygens (including phenoxy) is 1. The van der Waals surface area contributed by atoms with E-state index in [1.165, 1.54) is 0 Å². The third kappa shape index (κ3) is 5.99. The average Bonchev–Trinajstić information content (AvgIpc) is 2.23. The number of hydrogen-bond donors (Lipinski definition) is 2. The van der Waals surface area contributed by atoms with Gasteiger partial charge in [0.15, 0.2) is 15.1 Å². The van der Waals surface area contributed by atoms with Gasteiger partial charge in [-0.2, -0.15) is 0 Å². The van der Waals surface area contributed by atoms with Gasteiger partial charge in [0.05, 0.1) is 6.61 Å². The molecule has 6 nitrogen and oxygen atoms in total. The van der Waals surface area contributed by atoms with Crippen LogP contribution in [-0.2, 0) is 19.4 Å². The molecule has 0 aliphatic heterocycles. The Morgan fingerprint density at radius 1 is 1.41 bits per heavy atom. The van der Waals surface area contributed by atoms with E-state index in [4.69, 9.17) is 10.5 Å². The second kappa shape index (κ2) is 7.62. The number of rotatable bonds is 8. The second-order valence-electron chi connectivity index (χ2n) is 4.13. The predicted molar refractivity (Wildman–Crippen MR) is 65.9 cm³/mol. The molecule has 102 valence electrons. The summed E-state index contributed by atoms with van der Waals surface area (Å²) in [5, 5.41) is 1.41. The number of nitrogens with two attached hydrogens (primary N) is 1. The van der Waals surface area contributed by atoms with Crippen molar-refractivity contribution in [3.8, 4) is 0 Å². The zero-order chi connectivity index (χ0) is 13.5. The monoisotopic (exact) mass is 266 g/mol. The van der Waals surface area contributed by atoms with Crippen molar-refractivity contribution in [2.75, 3.05) is 19.2 Å². The Labute approximate surface area is 103 Å². The Hall–Kier alpha value is -0.660. The van der Waals surface area contributed by atoms with Crippen LogP contribution in [0.2, 0.25) is 0 Å². The maximum Gasteiger partial charge on any atom is 0.324 e. The van der Waals surface area contributed by atoms with Gasteiger partial charge in [0.2, 0.25) is 0 Å². The predicted octanol–water partition coefficient (Wildman–Crippen LogP) is -0.158. The molecule has 0 aromatic rings. The quantitative estimate of drug-likeness (QED) is 0.468. The number of esters is 1. The summed E-state index contributed by atoms with van der Waals surface area (Å²) in [6, 6.07) is 0. The minimum absolute atomic E-state index is 0.0520. The van der Waals surface area contributed by atoms with Gasteiger partial charge in [-0.1, -0.05) is 13.8 Å². The number of hydrogen-bond acceptors (Lipinski definition) is 6. The topological polar surface area (TPSA) is 98.5 Å². The first-order valence-electron chi connectivity index (χ1n) is 5.64. The summed E-state index contributed by atoms with van der Waals surface area (Å²) < 4.78 is 28.6. The molecular weight excluding hydrogens is 244 g/mol. The number of nitrogens with one attached hydrogen (secondary N) is 1. The van der Waals surface area contributed by atoms with Gasteiger partial charge in [0.1, 0.15) is 5.88 Å². The van der Waals surface area contributed by atoms with Crippen molar-refractivity contribution in [3.63, 3.8) is 0 Å². The molecule has 0 saturated carbocycles. The minimum Gasteiger partial charge on any atom is -0.465 e. The number of carbonyl (C=O) groups excluding carboxylic acids is 1. The van der Waals surface area contributed by atoms with Crippen LogP contribution < -0.4 is 11.1 Å². The van der Waals surface area contributed by atoms with E-state index in [0.717, 1.165) is 0 Å². The van der Waals surface area contributed by atoms with Gasteiger partial charge >= 0.3 is 5.97 Å². The van der Waals surface area contributed by atoms with E-state index in [0.29, 0.717) is 0 Å². The molecule has 0 aliphatic carbocycles. The fraction of sp³-hybridized carbons (Fsp3) is 0.900. The summed E-state index contributed by atoms with van der Waals surface area (Å²) in [6.45, 7) is 5.59. The van der Waals surface area contributed by atoms with Crippen LogP contribution in [0.4, 0.5) is 0 Å². The maximum atomic E-state index is 11.9. The Balaban J connectivity index is 4.83. The first-order valence-corrected chi connectivity index (χ1v) is 7.35. The van der Waals surface area contributed by atoms with Crippen molar-refractivity contribution in [2.24, 2.45) is 11.7 Å². The maximum absolute atomic E-state index is 11.9. The van der Waals surface area contributed by atoms with Crippen molar-refractivity contribution in [2.45, 2.75) is 32.4 Å². The summed E-state index contributed by atoms with van der Waals surface area (Å²) >= 11 is 0. The Bertz CT molecular complexity index is 327. The van der Waals surface area contributed by atoms with Crippen LogP contribution in [0.1, 0.15) is 27.2 Å². The Morgan fingerprint density at radius 3 is 2.41 bits per heavy atom. The van der Waals surface area contributed by atoms with E-state index in [1.807, 2.05) is 13.8 Å². The highest BCUT2D eigenvalue weighted by molar-refractivity contribution is 7.92. The summed E-state index contributed by atoms with van der Waals surface area (Å²) in [5.74, 6) is -0.892. The van der Waals surface area contributed by atoms with Crippen LogP contribution >= 0.6 is 0 Å². The van der Waals surface area contributed by atoms with Gasteiger partial charge in [-0.15, -0.1) is 0 Å². The highest BCUT2D eigenvalue weighted by Gasteiger charge is 2.33. The van der Waals surface area contributed by atoms with Gasteiger partial charge in [-0.3, -0.25) is 10.1 Å². The fourth-order valence-corrected chi connectivity index (χ4v) is 3.00.